The zero-order valence-electron chi connectivity index (χ0n) is 10.8. The van der Waals surface area contributed by atoms with Crippen molar-refractivity contribution in [1.82, 2.24) is 10.3 Å². The second-order valence-corrected chi connectivity index (χ2v) is 5.80. The molecule has 1 aromatic heterocycles. The Morgan fingerprint density at radius 3 is 2.94 bits per heavy atom. The highest BCUT2D eigenvalue weighted by molar-refractivity contribution is 7.99. The average Bonchev–Trinajstić information content (AvgIpc) is 2.40. The Bertz CT molecular complexity index is 399. The van der Waals surface area contributed by atoms with E-state index in [-0.39, 0.29) is 5.78 Å². The molecule has 1 aromatic rings. The molecule has 0 spiro atoms. The van der Waals surface area contributed by atoms with Gasteiger partial charge in [-0.15, -0.1) is 0 Å². The number of thioether (sulfide) groups is 1. The van der Waals surface area contributed by atoms with Crippen LogP contribution in [0.25, 0.3) is 0 Å². The van der Waals surface area contributed by atoms with E-state index in [9.17, 15) is 4.79 Å². The molecule has 0 saturated carbocycles. The number of carbonyl (C=O) groups excluding carboxylic acids is 1. The first-order valence-corrected chi connectivity index (χ1v) is 7.30. The lowest BCUT2D eigenvalue weighted by atomic mass is 10.1. The molecule has 1 fully saturated rings. The third-order valence-electron chi connectivity index (χ3n) is 2.96. The second-order valence-electron chi connectivity index (χ2n) is 4.65. The Labute approximate surface area is 112 Å². The number of hydrogen-bond donors (Lipinski definition) is 1. The van der Waals surface area contributed by atoms with Crippen molar-refractivity contribution in [2.45, 2.75) is 12.5 Å². The predicted octanol–water partition coefficient (Wildman–Crippen LogP) is 1.43. The number of Topliss-reactive ketones (excluding diaryl/α,β-unsaturated/α-hetero) is 1. The summed E-state index contributed by atoms with van der Waals surface area (Å²) in [6.07, 6.45) is 2.24. The number of anilines is 1. The first kappa shape index (κ1) is 13.4. The summed E-state index contributed by atoms with van der Waals surface area (Å²) in [7, 11) is 3.87. The van der Waals surface area contributed by atoms with Gasteiger partial charge < -0.3 is 10.2 Å². The van der Waals surface area contributed by atoms with Gasteiger partial charge in [0.2, 0.25) is 0 Å². The van der Waals surface area contributed by atoms with Gasteiger partial charge in [-0.25, -0.2) is 4.98 Å². The summed E-state index contributed by atoms with van der Waals surface area (Å²) in [5.74, 6) is 3.21. The van der Waals surface area contributed by atoms with E-state index in [1.807, 2.05) is 42.9 Å². The predicted molar refractivity (Wildman–Crippen MR) is 76.6 cm³/mol. The van der Waals surface area contributed by atoms with E-state index in [0.29, 0.717) is 18.0 Å². The third-order valence-corrected chi connectivity index (χ3v) is 4.09. The number of hydrogen-bond acceptors (Lipinski definition) is 5. The molecule has 18 heavy (non-hydrogen) atoms. The lowest BCUT2D eigenvalue weighted by Gasteiger charge is -2.22. The van der Waals surface area contributed by atoms with Gasteiger partial charge in [0.25, 0.3) is 0 Å². The van der Waals surface area contributed by atoms with Gasteiger partial charge in [0, 0.05) is 56.4 Å². The fourth-order valence-corrected chi connectivity index (χ4v) is 2.86. The minimum Gasteiger partial charge on any atom is -0.363 e. The van der Waals surface area contributed by atoms with Crippen molar-refractivity contribution in [2.75, 3.05) is 37.0 Å². The number of rotatable bonds is 4. The number of aromatic nitrogens is 1. The van der Waals surface area contributed by atoms with Gasteiger partial charge in [-0.2, -0.15) is 11.8 Å². The first-order valence-electron chi connectivity index (χ1n) is 6.14. The van der Waals surface area contributed by atoms with E-state index < -0.39 is 0 Å². The summed E-state index contributed by atoms with van der Waals surface area (Å²) >= 11 is 1.91. The minimum absolute atomic E-state index is 0.174. The molecule has 0 radical (unpaired) electrons. The van der Waals surface area contributed by atoms with E-state index in [4.69, 9.17) is 0 Å². The molecule has 1 unspecified atom stereocenters. The molecule has 0 bridgehead atoms. The third kappa shape index (κ3) is 3.46. The Balaban J connectivity index is 1.95. The molecule has 1 aliphatic heterocycles. The highest BCUT2D eigenvalue weighted by Crippen LogP contribution is 2.14. The Morgan fingerprint density at radius 1 is 1.56 bits per heavy atom. The topological polar surface area (TPSA) is 45.2 Å². The maximum Gasteiger partial charge on any atom is 0.166 e. The fraction of sp³-hybridized carbons (Fsp3) is 0.538. The Kier molecular flexibility index (Phi) is 4.60. The van der Waals surface area contributed by atoms with Crippen LogP contribution in [0.3, 0.4) is 0 Å². The van der Waals surface area contributed by atoms with Crippen LogP contribution in [0, 0.1) is 0 Å². The maximum atomic E-state index is 12.1. The smallest absolute Gasteiger partial charge is 0.166 e. The normalized spacial score (nSPS) is 19.6. The van der Waals surface area contributed by atoms with E-state index in [1.54, 1.807) is 6.20 Å². The molecule has 1 N–H and O–H groups in total. The highest BCUT2D eigenvalue weighted by atomic mass is 32.2. The molecule has 2 rings (SSSR count). The maximum absolute atomic E-state index is 12.1. The van der Waals surface area contributed by atoms with Crippen LogP contribution in [0.1, 0.15) is 16.8 Å². The average molecular weight is 265 g/mol. The molecule has 0 aliphatic carbocycles. The molecule has 1 atom stereocenters. The summed E-state index contributed by atoms with van der Waals surface area (Å²) in [5, 5.41) is 3.38. The zero-order valence-corrected chi connectivity index (χ0v) is 11.7. The number of nitrogens with one attached hydrogen (secondary N) is 1. The monoisotopic (exact) mass is 265 g/mol. The largest absolute Gasteiger partial charge is 0.363 e. The fourth-order valence-electron chi connectivity index (χ4n) is 1.91. The van der Waals surface area contributed by atoms with Crippen LogP contribution in [0.15, 0.2) is 18.3 Å². The lowest BCUT2D eigenvalue weighted by Crippen LogP contribution is -2.38. The number of carbonyl (C=O) groups is 1. The highest BCUT2D eigenvalue weighted by Gasteiger charge is 2.17. The Hall–Kier alpha value is -1.07. The van der Waals surface area contributed by atoms with E-state index in [1.165, 1.54) is 0 Å². The molecule has 5 heteroatoms. The summed E-state index contributed by atoms with van der Waals surface area (Å²) in [6, 6.07) is 4.06. The van der Waals surface area contributed by atoms with E-state index in [0.717, 1.165) is 23.9 Å². The van der Waals surface area contributed by atoms with Gasteiger partial charge in [0.05, 0.1) is 0 Å². The number of pyridine rings is 1. The Morgan fingerprint density at radius 2 is 2.39 bits per heavy atom. The van der Waals surface area contributed by atoms with Crippen molar-refractivity contribution < 1.29 is 4.79 Å². The van der Waals surface area contributed by atoms with Gasteiger partial charge in [0.15, 0.2) is 5.78 Å². The molecule has 0 amide bonds. The van der Waals surface area contributed by atoms with Crippen LogP contribution in [-0.4, -0.2) is 49.0 Å². The zero-order chi connectivity index (χ0) is 13.0. The van der Waals surface area contributed by atoms with Crippen LogP contribution in [0.2, 0.25) is 0 Å². The van der Waals surface area contributed by atoms with Gasteiger partial charge in [-0.1, -0.05) is 0 Å². The summed E-state index contributed by atoms with van der Waals surface area (Å²) in [5.41, 5.74) is 0.706. The molecule has 4 nitrogen and oxygen atoms in total. The lowest BCUT2D eigenvalue weighted by molar-refractivity contribution is 0.0971. The van der Waals surface area contributed by atoms with Crippen LogP contribution in [0.4, 0.5) is 5.82 Å². The molecular formula is C13H19N3OS. The SMILES string of the molecule is CN(C)c1ccc(C(=O)CC2CSCCN2)cn1. The standard InChI is InChI=1S/C13H19N3OS/c1-16(2)13-4-3-10(8-15-13)12(17)7-11-9-18-6-5-14-11/h3-4,8,11,14H,5-7,9H2,1-2H3. The number of nitrogens with zero attached hydrogens (tertiary/aromatic N) is 2. The van der Waals surface area contributed by atoms with Crippen LogP contribution < -0.4 is 10.2 Å². The minimum atomic E-state index is 0.174. The summed E-state index contributed by atoms with van der Waals surface area (Å²) in [4.78, 5) is 18.3. The molecule has 2 heterocycles. The van der Waals surface area contributed by atoms with Gasteiger partial charge >= 0.3 is 0 Å². The molecular weight excluding hydrogens is 246 g/mol. The first-order chi connectivity index (χ1) is 8.66. The molecule has 0 aromatic carbocycles. The van der Waals surface area contributed by atoms with E-state index in [2.05, 4.69) is 10.3 Å². The summed E-state index contributed by atoms with van der Waals surface area (Å²) in [6.45, 7) is 1.00. The van der Waals surface area contributed by atoms with Gasteiger partial charge in [-0.05, 0) is 12.1 Å². The van der Waals surface area contributed by atoms with E-state index >= 15 is 0 Å². The molecule has 98 valence electrons. The van der Waals surface area contributed by atoms with Crippen molar-refractivity contribution in [3.05, 3.63) is 23.9 Å². The summed E-state index contributed by atoms with van der Waals surface area (Å²) < 4.78 is 0. The van der Waals surface area contributed by atoms with Crippen molar-refractivity contribution in [3.8, 4) is 0 Å². The van der Waals surface area contributed by atoms with Crippen LogP contribution in [0.5, 0.6) is 0 Å². The van der Waals surface area contributed by atoms with Crippen molar-refractivity contribution in [3.63, 3.8) is 0 Å². The van der Waals surface area contributed by atoms with Crippen molar-refractivity contribution >= 4 is 23.4 Å². The van der Waals surface area contributed by atoms with Crippen LogP contribution in [-0.2, 0) is 0 Å². The quantitative estimate of drug-likeness (QED) is 0.834. The van der Waals surface area contributed by atoms with Crippen molar-refractivity contribution in [2.24, 2.45) is 0 Å². The van der Waals surface area contributed by atoms with Crippen molar-refractivity contribution in [1.29, 1.82) is 0 Å². The van der Waals surface area contributed by atoms with Gasteiger partial charge in [0.1, 0.15) is 5.82 Å². The number of ketones is 1. The molecule has 1 saturated heterocycles. The second kappa shape index (κ2) is 6.20. The van der Waals surface area contributed by atoms with Gasteiger partial charge in [-0.3, -0.25) is 4.79 Å². The molecule has 1 aliphatic rings. The van der Waals surface area contributed by atoms with Crippen LogP contribution >= 0.6 is 11.8 Å².